The molecule has 0 saturated carbocycles. The number of carbonyl (C=O) groups is 1. The van der Waals surface area contributed by atoms with Gasteiger partial charge in [0.1, 0.15) is 0 Å². The highest BCUT2D eigenvalue weighted by atomic mass is 35.5. The van der Waals surface area contributed by atoms with Crippen molar-refractivity contribution in [3.63, 3.8) is 0 Å². The predicted molar refractivity (Wildman–Crippen MR) is 67.9 cm³/mol. The monoisotopic (exact) mass is 256 g/mol. The highest BCUT2D eigenvalue weighted by Gasteiger charge is 2.02. The maximum absolute atomic E-state index is 11.1. The van der Waals surface area contributed by atoms with Gasteiger partial charge >= 0.3 is 5.97 Å². The van der Waals surface area contributed by atoms with Crippen LogP contribution in [-0.2, 0) is 9.53 Å². The van der Waals surface area contributed by atoms with E-state index in [1.807, 2.05) is 30.3 Å². The number of benzene rings is 1. The lowest BCUT2D eigenvalue weighted by Crippen LogP contribution is -2.01. The summed E-state index contributed by atoms with van der Waals surface area (Å²) in [6, 6.07) is 7.63. The molecule has 0 aliphatic rings. The third-order valence-electron chi connectivity index (χ3n) is 1.97. The van der Waals surface area contributed by atoms with Crippen LogP contribution in [0.4, 0.5) is 0 Å². The zero-order chi connectivity index (χ0) is 12.0. The van der Waals surface area contributed by atoms with Gasteiger partial charge in [0.05, 0.1) is 12.1 Å². The van der Waals surface area contributed by atoms with Gasteiger partial charge in [-0.3, -0.25) is 0 Å². The zero-order valence-corrected chi connectivity index (χ0v) is 10.8. The van der Waals surface area contributed by atoms with Gasteiger partial charge in [-0.15, -0.1) is 11.8 Å². The molecular formula is C12H13ClO2S. The number of ether oxygens (including phenoxy) is 1. The fraction of sp³-hybridized carbons (Fsp3) is 0.250. The van der Waals surface area contributed by atoms with E-state index >= 15 is 0 Å². The van der Waals surface area contributed by atoms with Gasteiger partial charge < -0.3 is 4.74 Å². The van der Waals surface area contributed by atoms with E-state index in [-0.39, 0.29) is 5.97 Å². The number of hydrogen-bond acceptors (Lipinski definition) is 3. The summed E-state index contributed by atoms with van der Waals surface area (Å²) >= 11 is 7.58. The van der Waals surface area contributed by atoms with Crippen LogP contribution in [0.2, 0.25) is 5.02 Å². The molecule has 0 atom stereocenters. The summed E-state index contributed by atoms with van der Waals surface area (Å²) in [4.78, 5) is 12.1. The number of carbonyl (C=O) groups excluding carboxylic acids is 1. The Morgan fingerprint density at radius 3 is 2.81 bits per heavy atom. The molecule has 86 valence electrons. The Labute approximate surface area is 105 Å². The fourth-order valence-corrected chi connectivity index (χ4v) is 2.26. The number of methoxy groups -OCH3 is 1. The summed E-state index contributed by atoms with van der Waals surface area (Å²) in [7, 11) is 1.38. The van der Waals surface area contributed by atoms with Crippen molar-refractivity contribution in [3.05, 3.63) is 40.9 Å². The number of thioether (sulfide) groups is 1. The van der Waals surface area contributed by atoms with Gasteiger partial charge in [-0.1, -0.05) is 29.8 Å². The molecule has 0 aliphatic heterocycles. The lowest BCUT2D eigenvalue weighted by Gasteiger charge is -2.02. The van der Waals surface area contributed by atoms with Crippen LogP contribution in [0.3, 0.4) is 0 Å². The maximum Gasteiger partial charge on any atom is 0.333 e. The molecule has 0 radical (unpaired) electrons. The molecule has 1 rings (SSSR count). The molecule has 0 unspecified atom stereocenters. The van der Waals surface area contributed by atoms with Crippen LogP contribution in [0.1, 0.15) is 6.92 Å². The van der Waals surface area contributed by atoms with Gasteiger partial charge in [0.25, 0.3) is 0 Å². The molecule has 0 bridgehead atoms. The molecule has 4 heteroatoms. The largest absolute Gasteiger partial charge is 0.466 e. The second kappa shape index (κ2) is 6.61. The normalized spacial score (nSPS) is 11.3. The van der Waals surface area contributed by atoms with Crippen molar-refractivity contribution in [2.24, 2.45) is 0 Å². The first-order valence-corrected chi connectivity index (χ1v) is 6.14. The van der Waals surface area contributed by atoms with E-state index in [9.17, 15) is 4.79 Å². The maximum atomic E-state index is 11.1. The van der Waals surface area contributed by atoms with E-state index in [1.165, 1.54) is 7.11 Å². The Balaban J connectivity index is 2.53. The van der Waals surface area contributed by atoms with Crippen molar-refractivity contribution >= 4 is 29.3 Å². The van der Waals surface area contributed by atoms with Crippen LogP contribution in [0.5, 0.6) is 0 Å². The molecule has 2 nitrogen and oxygen atoms in total. The average molecular weight is 257 g/mol. The van der Waals surface area contributed by atoms with Crippen LogP contribution >= 0.6 is 23.4 Å². The van der Waals surface area contributed by atoms with E-state index in [2.05, 4.69) is 4.74 Å². The lowest BCUT2D eigenvalue weighted by molar-refractivity contribution is -0.136. The third-order valence-corrected chi connectivity index (χ3v) is 3.41. The Morgan fingerprint density at radius 2 is 2.19 bits per heavy atom. The first kappa shape index (κ1) is 13.1. The second-order valence-corrected chi connectivity index (χ2v) is 4.59. The van der Waals surface area contributed by atoms with Gasteiger partial charge in [0.2, 0.25) is 0 Å². The van der Waals surface area contributed by atoms with Gasteiger partial charge in [-0.2, -0.15) is 0 Å². The Kier molecular flexibility index (Phi) is 5.43. The van der Waals surface area contributed by atoms with Crippen molar-refractivity contribution in [3.8, 4) is 0 Å². The van der Waals surface area contributed by atoms with Crippen molar-refractivity contribution in [2.75, 3.05) is 12.9 Å². The minimum Gasteiger partial charge on any atom is -0.466 e. The quantitative estimate of drug-likeness (QED) is 0.468. The first-order valence-electron chi connectivity index (χ1n) is 4.77. The SMILES string of the molecule is COC(=O)C(C)=CCSc1ccccc1Cl. The van der Waals surface area contributed by atoms with Crippen LogP contribution < -0.4 is 0 Å². The Morgan fingerprint density at radius 1 is 1.50 bits per heavy atom. The summed E-state index contributed by atoms with van der Waals surface area (Å²) in [5.74, 6) is 0.407. The second-order valence-electron chi connectivity index (χ2n) is 3.12. The molecule has 16 heavy (non-hydrogen) atoms. The number of rotatable bonds is 4. The minimum atomic E-state index is -0.292. The summed E-state index contributed by atoms with van der Waals surface area (Å²) in [6.07, 6.45) is 1.83. The van der Waals surface area contributed by atoms with Crippen molar-refractivity contribution in [1.82, 2.24) is 0 Å². The van der Waals surface area contributed by atoms with E-state index < -0.39 is 0 Å². The molecule has 1 aromatic rings. The summed E-state index contributed by atoms with van der Waals surface area (Å²) < 4.78 is 4.60. The topological polar surface area (TPSA) is 26.3 Å². The van der Waals surface area contributed by atoms with E-state index in [4.69, 9.17) is 11.6 Å². The van der Waals surface area contributed by atoms with Crippen LogP contribution in [-0.4, -0.2) is 18.8 Å². The van der Waals surface area contributed by atoms with Crippen LogP contribution in [0.15, 0.2) is 40.8 Å². The van der Waals surface area contributed by atoms with E-state index in [1.54, 1.807) is 18.7 Å². The number of halogens is 1. The molecule has 0 spiro atoms. The standard InChI is InChI=1S/C12H13ClO2S/c1-9(12(14)15-2)7-8-16-11-6-4-3-5-10(11)13/h3-7H,8H2,1-2H3. The van der Waals surface area contributed by atoms with Gasteiger partial charge in [0.15, 0.2) is 0 Å². The van der Waals surface area contributed by atoms with E-state index in [0.717, 1.165) is 9.92 Å². The Bertz CT molecular complexity index is 402. The predicted octanol–water partition coefficient (Wildman–Crippen LogP) is 3.55. The lowest BCUT2D eigenvalue weighted by atomic mass is 10.3. The van der Waals surface area contributed by atoms with Gasteiger partial charge in [0, 0.05) is 16.2 Å². The van der Waals surface area contributed by atoms with Gasteiger partial charge in [-0.25, -0.2) is 4.79 Å². The fourth-order valence-electron chi connectivity index (χ4n) is 1.06. The number of esters is 1. The molecule has 0 heterocycles. The van der Waals surface area contributed by atoms with Crippen molar-refractivity contribution < 1.29 is 9.53 Å². The van der Waals surface area contributed by atoms with Gasteiger partial charge in [-0.05, 0) is 19.1 Å². The molecule has 0 N–H and O–H groups in total. The third kappa shape index (κ3) is 3.91. The van der Waals surface area contributed by atoms with Crippen molar-refractivity contribution in [2.45, 2.75) is 11.8 Å². The summed E-state index contributed by atoms with van der Waals surface area (Å²) in [5, 5.41) is 0.733. The highest BCUT2D eigenvalue weighted by Crippen LogP contribution is 2.26. The smallest absolute Gasteiger partial charge is 0.333 e. The molecule has 0 fully saturated rings. The molecule has 0 aromatic heterocycles. The Hall–Kier alpha value is -0.930. The van der Waals surface area contributed by atoms with Crippen LogP contribution in [0.25, 0.3) is 0 Å². The zero-order valence-electron chi connectivity index (χ0n) is 9.20. The van der Waals surface area contributed by atoms with E-state index in [0.29, 0.717) is 11.3 Å². The molecular weight excluding hydrogens is 244 g/mol. The summed E-state index contributed by atoms with van der Waals surface area (Å²) in [6.45, 7) is 1.74. The summed E-state index contributed by atoms with van der Waals surface area (Å²) in [5.41, 5.74) is 0.613. The molecule has 0 aliphatic carbocycles. The molecule has 1 aromatic carbocycles. The molecule has 0 saturated heterocycles. The van der Waals surface area contributed by atoms with Crippen LogP contribution in [0, 0.1) is 0 Å². The number of hydrogen-bond donors (Lipinski definition) is 0. The first-order chi connectivity index (χ1) is 7.65. The molecule has 0 amide bonds. The minimum absolute atomic E-state index is 0.292. The van der Waals surface area contributed by atoms with Crippen molar-refractivity contribution in [1.29, 1.82) is 0 Å². The average Bonchev–Trinajstić information content (AvgIpc) is 2.30. The highest BCUT2D eigenvalue weighted by molar-refractivity contribution is 7.99.